The van der Waals surface area contributed by atoms with Gasteiger partial charge in [-0.25, -0.2) is 17.5 Å². The van der Waals surface area contributed by atoms with E-state index in [0.717, 1.165) is 6.42 Å². The molecule has 0 aliphatic carbocycles. The Labute approximate surface area is 134 Å². The van der Waals surface area contributed by atoms with Crippen LogP contribution in [-0.2, 0) is 16.6 Å². The third kappa shape index (κ3) is 2.84. The van der Waals surface area contributed by atoms with Crippen LogP contribution in [0.3, 0.4) is 0 Å². The van der Waals surface area contributed by atoms with Crippen LogP contribution in [0.1, 0.15) is 24.9 Å². The molecule has 0 fully saturated rings. The zero-order chi connectivity index (χ0) is 16.6. The topological polar surface area (TPSA) is 64.4 Å². The molecule has 2 aromatic rings. The molecule has 1 unspecified atom stereocenters. The van der Waals surface area contributed by atoms with E-state index in [1.807, 2.05) is 0 Å². The van der Waals surface area contributed by atoms with Gasteiger partial charge >= 0.3 is 0 Å². The summed E-state index contributed by atoms with van der Waals surface area (Å²) in [6, 6.07) is 5.35. The predicted octanol–water partition coefficient (Wildman–Crippen LogP) is 2.19. The predicted molar refractivity (Wildman–Crippen MR) is 82.1 cm³/mol. The smallest absolute Gasteiger partial charge is 0.250 e. The lowest BCUT2D eigenvalue weighted by atomic mass is 10.1. The molecule has 1 aromatic carbocycles. The minimum absolute atomic E-state index is 0.0636. The highest BCUT2D eigenvalue weighted by Gasteiger charge is 2.32. The van der Waals surface area contributed by atoms with E-state index in [9.17, 15) is 12.8 Å². The second-order valence-corrected chi connectivity index (χ2v) is 7.45. The molecule has 0 saturated heterocycles. The number of benzene rings is 1. The van der Waals surface area contributed by atoms with Crippen molar-refractivity contribution in [3.8, 4) is 5.88 Å². The van der Waals surface area contributed by atoms with Gasteiger partial charge in [0.05, 0.1) is 12.8 Å². The van der Waals surface area contributed by atoms with Crippen LogP contribution in [0.2, 0.25) is 0 Å². The molecule has 124 valence electrons. The highest BCUT2D eigenvalue weighted by molar-refractivity contribution is 7.89. The monoisotopic (exact) mass is 339 g/mol. The number of hydrogen-bond acceptors (Lipinski definition) is 4. The van der Waals surface area contributed by atoms with Crippen molar-refractivity contribution in [2.75, 3.05) is 13.7 Å². The van der Waals surface area contributed by atoms with Gasteiger partial charge in [0, 0.05) is 26.1 Å². The first-order valence-corrected chi connectivity index (χ1v) is 8.77. The van der Waals surface area contributed by atoms with Gasteiger partial charge in [0.1, 0.15) is 5.82 Å². The lowest BCUT2D eigenvalue weighted by molar-refractivity contribution is 0.223. The van der Waals surface area contributed by atoms with Crippen molar-refractivity contribution in [3.63, 3.8) is 0 Å². The van der Waals surface area contributed by atoms with Crippen molar-refractivity contribution in [3.05, 3.63) is 41.8 Å². The van der Waals surface area contributed by atoms with E-state index in [4.69, 9.17) is 4.74 Å². The van der Waals surface area contributed by atoms with Crippen LogP contribution in [0.4, 0.5) is 4.39 Å². The van der Waals surface area contributed by atoms with Crippen LogP contribution < -0.4 is 4.74 Å². The Balaban J connectivity index is 1.92. The summed E-state index contributed by atoms with van der Waals surface area (Å²) in [6.07, 6.45) is 2.12. The molecule has 1 atom stereocenters. The van der Waals surface area contributed by atoms with Gasteiger partial charge in [-0.2, -0.15) is 9.40 Å². The largest absolute Gasteiger partial charge is 0.477 e. The number of ether oxygens (including phenoxy) is 1. The first kappa shape index (κ1) is 15.9. The van der Waals surface area contributed by atoms with Crippen LogP contribution >= 0.6 is 0 Å². The molecule has 23 heavy (non-hydrogen) atoms. The molecular formula is C15H18FN3O3S. The molecular weight excluding hydrogens is 321 g/mol. The van der Waals surface area contributed by atoms with Gasteiger partial charge in [0.25, 0.3) is 0 Å². The number of sulfonamides is 1. The third-order valence-electron chi connectivity index (χ3n) is 4.07. The van der Waals surface area contributed by atoms with Crippen LogP contribution in [0.5, 0.6) is 5.88 Å². The van der Waals surface area contributed by atoms with Crippen LogP contribution in [0.15, 0.2) is 35.4 Å². The standard InChI is InChI=1S/C15H18FN3O3S/c1-11(12-4-6-13(16)7-5-12)18(2)23(20,21)14-10-17-19-8-3-9-22-15(14)19/h4-7,10-11H,3,8-9H2,1-2H3. The molecule has 0 radical (unpaired) electrons. The highest BCUT2D eigenvalue weighted by Crippen LogP contribution is 2.32. The summed E-state index contributed by atoms with van der Waals surface area (Å²) < 4.78 is 47.1. The summed E-state index contributed by atoms with van der Waals surface area (Å²) in [4.78, 5) is 0.0636. The fraction of sp³-hybridized carbons (Fsp3) is 0.400. The van der Waals surface area contributed by atoms with Crippen LogP contribution in [0, 0.1) is 5.82 Å². The Hall–Kier alpha value is -1.93. The minimum atomic E-state index is -3.76. The van der Waals surface area contributed by atoms with Gasteiger partial charge in [-0.15, -0.1) is 0 Å². The van der Waals surface area contributed by atoms with Crippen molar-refractivity contribution < 1.29 is 17.5 Å². The first-order valence-electron chi connectivity index (χ1n) is 7.33. The van der Waals surface area contributed by atoms with Gasteiger partial charge in [-0.3, -0.25) is 0 Å². The zero-order valence-corrected chi connectivity index (χ0v) is 13.8. The summed E-state index contributed by atoms with van der Waals surface area (Å²) >= 11 is 0. The Kier molecular flexibility index (Phi) is 4.11. The average Bonchev–Trinajstić information content (AvgIpc) is 2.99. The van der Waals surface area contributed by atoms with Crippen molar-refractivity contribution in [2.45, 2.75) is 30.8 Å². The fourth-order valence-corrected chi connectivity index (χ4v) is 3.95. The minimum Gasteiger partial charge on any atom is -0.477 e. The van der Waals surface area contributed by atoms with Crippen LogP contribution in [0.25, 0.3) is 0 Å². The Morgan fingerprint density at radius 3 is 2.74 bits per heavy atom. The third-order valence-corrected chi connectivity index (χ3v) is 5.98. The number of hydrogen-bond donors (Lipinski definition) is 0. The zero-order valence-electron chi connectivity index (χ0n) is 12.9. The van der Waals surface area contributed by atoms with Gasteiger partial charge < -0.3 is 4.74 Å². The molecule has 1 aromatic heterocycles. The fourth-order valence-electron chi connectivity index (χ4n) is 2.54. The molecule has 0 bridgehead atoms. The summed E-state index contributed by atoms with van der Waals surface area (Å²) in [5.74, 6) is -0.0695. The molecule has 0 saturated carbocycles. The number of halogens is 1. The molecule has 0 spiro atoms. The number of nitrogens with zero attached hydrogens (tertiary/aromatic N) is 3. The van der Waals surface area contributed by atoms with Gasteiger partial charge in [0.2, 0.25) is 15.9 Å². The maximum absolute atomic E-state index is 13.0. The number of fused-ring (bicyclic) bond motifs is 1. The lowest BCUT2D eigenvalue weighted by Crippen LogP contribution is -2.30. The molecule has 3 rings (SSSR count). The maximum Gasteiger partial charge on any atom is 0.250 e. The lowest BCUT2D eigenvalue weighted by Gasteiger charge is -2.25. The van der Waals surface area contributed by atoms with Crippen LogP contribution in [-0.4, -0.2) is 36.2 Å². The summed E-state index contributed by atoms with van der Waals surface area (Å²) in [5.41, 5.74) is 0.708. The number of rotatable bonds is 4. The normalized spacial score (nSPS) is 16.0. The van der Waals surface area contributed by atoms with Gasteiger partial charge in [-0.05, 0) is 24.6 Å². The first-order chi connectivity index (χ1) is 10.9. The van der Waals surface area contributed by atoms with Crippen molar-refractivity contribution in [1.29, 1.82) is 0 Å². The maximum atomic E-state index is 13.0. The highest BCUT2D eigenvalue weighted by atomic mass is 32.2. The molecule has 1 aliphatic heterocycles. The Morgan fingerprint density at radius 1 is 1.35 bits per heavy atom. The van der Waals surface area contributed by atoms with E-state index in [2.05, 4.69) is 5.10 Å². The van der Waals surface area contributed by atoms with E-state index in [1.165, 1.54) is 29.7 Å². The Bertz CT molecular complexity index is 802. The second-order valence-electron chi connectivity index (χ2n) is 5.49. The number of aryl methyl sites for hydroxylation is 1. The van der Waals surface area contributed by atoms with E-state index in [0.29, 0.717) is 18.7 Å². The SMILES string of the molecule is CC(c1ccc(F)cc1)N(C)S(=O)(=O)c1cnn2c1OCCC2. The van der Waals surface area contributed by atoms with Gasteiger partial charge in [-0.1, -0.05) is 12.1 Å². The van der Waals surface area contributed by atoms with Crippen molar-refractivity contribution in [2.24, 2.45) is 0 Å². The quantitative estimate of drug-likeness (QED) is 0.856. The molecule has 0 amide bonds. The molecule has 8 heteroatoms. The Morgan fingerprint density at radius 2 is 2.04 bits per heavy atom. The molecule has 6 nitrogen and oxygen atoms in total. The van der Waals surface area contributed by atoms with Gasteiger partial charge in [0.15, 0.2) is 4.90 Å². The molecule has 2 heterocycles. The summed E-state index contributed by atoms with van der Waals surface area (Å²) in [7, 11) is -2.27. The molecule has 0 N–H and O–H groups in total. The number of aromatic nitrogens is 2. The summed E-state index contributed by atoms with van der Waals surface area (Å²) in [6.45, 7) is 2.87. The average molecular weight is 339 g/mol. The van der Waals surface area contributed by atoms with Crippen molar-refractivity contribution >= 4 is 10.0 Å². The van der Waals surface area contributed by atoms with E-state index < -0.39 is 16.1 Å². The van der Waals surface area contributed by atoms with E-state index in [-0.39, 0.29) is 16.6 Å². The molecule has 1 aliphatic rings. The van der Waals surface area contributed by atoms with Crippen molar-refractivity contribution in [1.82, 2.24) is 14.1 Å². The summed E-state index contributed by atoms with van der Waals surface area (Å²) in [5, 5.41) is 4.09. The van der Waals surface area contributed by atoms with E-state index in [1.54, 1.807) is 23.7 Å². The second kappa shape index (κ2) is 5.93. The van der Waals surface area contributed by atoms with E-state index >= 15 is 0 Å².